The van der Waals surface area contributed by atoms with Gasteiger partial charge >= 0.3 is 0 Å². The number of amides is 1. The molecule has 0 fully saturated rings. The van der Waals surface area contributed by atoms with Crippen LogP contribution < -0.4 is 14.4 Å². The number of sulfonamides is 1. The lowest BCUT2D eigenvalue weighted by Crippen LogP contribution is -2.49. The van der Waals surface area contributed by atoms with Crippen molar-refractivity contribution in [2.24, 2.45) is 0 Å². The fraction of sp³-hybridized carbons (Fsp3) is 0.350. The quantitative estimate of drug-likeness (QED) is 0.667. The van der Waals surface area contributed by atoms with Crippen molar-refractivity contribution in [3.05, 3.63) is 59.1 Å². The van der Waals surface area contributed by atoms with Gasteiger partial charge in [-0.3, -0.25) is 9.10 Å². The van der Waals surface area contributed by atoms with Gasteiger partial charge in [0.15, 0.2) is 0 Å². The van der Waals surface area contributed by atoms with Crippen molar-refractivity contribution in [3.8, 4) is 5.75 Å². The minimum absolute atomic E-state index is 0.287. The molecule has 1 amide bonds. The molecular formula is C20H25ClN2O4S. The molecule has 1 N–H and O–H groups in total. The zero-order valence-electron chi connectivity index (χ0n) is 16.2. The highest BCUT2D eigenvalue weighted by atomic mass is 35.5. The molecule has 2 aromatic carbocycles. The Bertz CT molecular complexity index is 901. The summed E-state index contributed by atoms with van der Waals surface area (Å²) in [5.41, 5.74) is 1.25. The number of halogens is 1. The normalized spacial score (nSPS) is 12.3. The minimum Gasteiger partial charge on any atom is -0.494 e. The first-order valence-corrected chi connectivity index (χ1v) is 11.2. The van der Waals surface area contributed by atoms with Crippen LogP contribution in [0.1, 0.15) is 25.8 Å². The lowest BCUT2D eigenvalue weighted by Gasteiger charge is -2.30. The first kappa shape index (κ1) is 22.0. The number of carbonyl (C=O) groups excluding carboxylic acids is 1. The summed E-state index contributed by atoms with van der Waals surface area (Å²) in [6, 6.07) is 13.0. The predicted octanol–water partition coefficient (Wildman–Crippen LogP) is 3.60. The number of ether oxygens (including phenoxy) is 1. The van der Waals surface area contributed by atoms with E-state index in [9.17, 15) is 13.2 Å². The van der Waals surface area contributed by atoms with E-state index in [-0.39, 0.29) is 12.5 Å². The van der Waals surface area contributed by atoms with Gasteiger partial charge in [-0.2, -0.15) is 0 Å². The lowest BCUT2D eigenvalue weighted by molar-refractivity contribution is -0.122. The smallest absolute Gasteiger partial charge is 0.244 e. The molecule has 6 nitrogen and oxygen atoms in total. The van der Waals surface area contributed by atoms with Gasteiger partial charge in [0.05, 0.1) is 18.6 Å². The highest BCUT2D eigenvalue weighted by molar-refractivity contribution is 7.92. The number of nitrogens with zero attached hydrogens (tertiary/aromatic N) is 1. The molecule has 28 heavy (non-hydrogen) atoms. The zero-order valence-corrected chi connectivity index (χ0v) is 17.8. The fourth-order valence-corrected chi connectivity index (χ4v) is 4.24. The van der Waals surface area contributed by atoms with Crippen LogP contribution in [-0.4, -0.2) is 33.2 Å². The summed E-state index contributed by atoms with van der Waals surface area (Å²) in [6.45, 7) is 4.55. The molecule has 0 bridgehead atoms. The molecule has 0 radical (unpaired) electrons. The summed E-state index contributed by atoms with van der Waals surface area (Å²) in [5.74, 6) is 0.384. The van der Waals surface area contributed by atoms with Crippen molar-refractivity contribution >= 4 is 33.2 Å². The van der Waals surface area contributed by atoms with Crippen molar-refractivity contribution in [1.82, 2.24) is 5.32 Å². The van der Waals surface area contributed by atoms with Gasteiger partial charge in [0.1, 0.15) is 11.8 Å². The molecule has 152 valence electrons. The van der Waals surface area contributed by atoms with Gasteiger partial charge in [-0.05, 0) is 49.2 Å². The summed E-state index contributed by atoms with van der Waals surface area (Å²) in [7, 11) is -3.69. The van der Waals surface area contributed by atoms with Crippen LogP contribution >= 0.6 is 11.6 Å². The van der Waals surface area contributed by atoms with E-state index >= 15 is 0 Å². The number of rotatable bonds is 9. The summed E-state index contributed by atoms with van der Waals surface area (Å²) in [4.78, 5) is 12.8. The highest BCUT2D eigenvalue weighted by Gasteiger charge is 2.31. The Morgan fingerprint density at radius 1 is 1.18 bits per heavy atom. The number of hydrogen-bond acceptors (Lipinski definition) is 4. The highest BCUT2D eigenvalue weighted by Crippen LogP contribution is 2.25. The van der Waals surface area contributed by atoms with E-state index in [2.05, 4.69) is 5.32 Å². The third-order valence-electron chi connectivity index (χ3n) is 4.09. The molecule has 2 rings (SSSR count). The largest absolute Gasteiger partial charge is 0.494 e. The fourth-order valence-electron chi connectivity index (χ4n) is 2.85. The Balaban J connectivity index is 2.17. The summed E-state index contributed by atoms with van der Waals surface area (Å²) >= 11 is 6.01. The SMILES string of the molecule is CCOc1ccc(CNC(=O)C(CC)N(c2cccc(Cl)c2)S(C)(=O)=O)cc1. The van der Waals surface area contributed by atoms with Crippen molar-refractivity contribution in [2.75, 3.05) is 17.2 Å². The van der Waals surface area contributed by atoms with Crippen LogP contribution in [0.15, 0.2) is 48.5 Å². The van der Waals surface area contributed by atoms with Crippen LogP contribution in [0.4, 0.5) is 5.69 Å². The van der Waals surface area contributed by atoms with Gasteiger partial charge in [0, 0.05) is 11.6 Å². The van der Waals surface area contributed by atoms with E-state index in [1.54, 1.807) is 25.1 Å². The van der Waals surface area contributed by atoms with Crippen LogP contribution in [0.25, 0.3) is 0 Å². The number of hydrogen-bond donors (Lipinski definition) is 1. The Kier molecular flexibility index (Phi) is 7.71. The van der Waals surface area contributed by atoms with Crippen LogP contribution in [-0.2, 0) is 21.4 Å². The minimum atomic E-state index is -3.69. The molecule has 0 heterocycles. The molecule has 0 saturated carbocycles. The van der Waals surface area contributed by atoms with Gasteiger partial charge < -0.3 is 10.1 Å². The number of benzene rings is 2. The molecule has 0 saturated heterocycles. The van der Waals surface area contributed by atoms with Crippen molar-refractivity contribution < 1.29 is 17.9 Å². The van der Waals surface area contributed by atoms with Crippen molar-refractivity contribution in [2.45, 2.75) is 32.9 Å². The second-order valence-corrected chi connectivity index (χ2v) is 8.55. The Morgan fingerprint density at radius 3 is 2.39 bits per heavy atom. The van der Waals surface area contributed by atoms with Gasteiger partial charge in [-0.15, -0.1) is 0 Å². The molecule has 2 aromatic rings. The second kappa shape index (κ2) is 9.80. The van der Waals surface area contributed by atoms with Crippen LogP contribution in [0.2, 0.25) is 5.02 Å². The predicted molar refractivity (Wildman–Crippen MR) is 112 cm³/mol. The van der Waals surface area contributed by atoms with Gasteiger partial charge in [0.2, 0.25) is 15.9 Å². The summed E-state index contributed by atoms with van der Waals surface area (Å²) in [5, 5.41) is 3.22. The van der Waals surface area contributed by atoms with E-state index in [1.807, 2.05) is 31.2 Å². The molecule has 0 aromatic heterocycles. The van der Waals surface area contributed by atoms with Crippen molar-refractivity contribution in [1.29, 1.82) is 0 Å². The molecule has 0 spiro atoms. The monoisotopic (exact) mass is 424 g/mol. The number of anilines is 1. The average Bonchev–Trinajstić information content (AvgIpc) is 2.64. The first-order valence-electron chi connectivity index (χ1n) is 9.00. The Morgan fingerprint density at radius 2 is 1.86 bits per heavy atom. The van der Waals surface area contributed by atoms with Gasteiger partial charge in [-0.25, -0.2) is 8.42 Å². The summed E-state index contributed by atoms with van der Waals surface area (Å²) in [6.07, 6.45) is 1.39. The molecule has 8 heteroatoms. The van der Waals surface area contributed by atoms with Crippen LogP contribution in [0.3, 0.4) is 0 Å². The molecule has 0 aliphatic rings. The van der Waals surface area contributed by atoms with E-state index in [1.165, 1.54) is 6.07 Å². The Hall–Kier alpha value is -2.25. The second-order valence-electron chi connectivity index (χ2n) is 6.26. The van der Waals surface area contributed by atoms with E-state index in [4.69, 9.17) is 16.3 Å². The summed E-state index contributed by atoms with van der Waals surface area (Å²) < 4.78 is 31.3. The first-order chi connectivity index (χ1) is 13.3. The number of carbonyl (C=O) groups is 1. The molecular weight excluding hydrogens is 400 g/mol. The molecule has 0 aliphatic carbocycles. The van der Waals surface area contributed by atoms with E-state index in [0.29, 0.717) is 23.7 Å². The lowest BCUT2D eigenvalue weighted by atomic mass is 10.1. The third kappa shape index (κ3) is 5.87. The maximum Gasteiger partial charge on any atom is 0.244 e. The van der Waals surface area contributed by atoms with E-state index in [0.717, 1.165) is 21.9 Å². The molecule has 1 unspecified atom stereocenters. The topological polar surface area (TPSA) is 75.7 Å². The molecule has 0 aliphatic heterocycles. The van der Waals surface area contributed by atoms with Crippen molar-refractivity contribution in [3.63, 3.8) is 0 Å². The van der Waals surface area contributed by atoms with Crippen LogP contribution in [0, 0.1) is 0 Å². The maximum atomic E-state index is 12.8. The van der Waals surface area contributed by atoms with Gasteiger partial charge in [-0.1, -0.05) is 36.7 Å². The number of nitrogens with one attached hydrogen (secondary N) is 1. The van der Waals surface area contributed by atoms with E-state index < -0.39 is 16.1 Å². The maximum absolute atomic E-state index is 12.8. The molecule has 1 atom stereocenters. The van der Waals surface area contributed by atoms with Crippen LogP contribution in [0.5, 0.6) is 5.75 Å². The zero-order chi connectivity index (χ0) is 20.7. The third-order valence-corrected chi connectivity index (χ3v) is 5.51. The van der Waals surface area contributed by atoms with Gasteiger partial charge in [0.25, 0.3) is 0 Å². The Labute approximate surface area is 171 Å². The average molecular weight is 425 g/mol. The standard InChI is InChI=1S/C20H25ClN2O4S/c1-4-19(23(28(3,25)26)17-8-6-7-16(21)13-17)20(24)22-14-15-9-11-18(12-10-15)27-5-2/h6-13,19H,4-5,14H2,1-3H3,(H,22,24).